The fraction of sp³-hybridized carbons (Fsp3) is 0.647. The monoisotopic (exact) mass is 261 g/mol. The van der Waals surface area contributed by atoms with Crippen molar-refractivity contribution in [3.63, 3.8) is 0 Å². The first-order valence-electron chi connectivity index (χ1n) is 7.24. The van der Waals surface area contributed by atoms with E-state index in [1.165, 1.54) is 23.1 Å². The summed E-state index contributed by atoms with van der Waals surface area (Å²) in [7, 11) is 1.75. The zero-order valence-corrected chi connectivity index (χ0v) is 13.0. The molecule has 2 nitrogen and oxygen atoms in total. The van der Waals surface area contributed by atoms with Gasteiger partial charge < -0.3 is 10.5 Å². The van der Waals surface area contributed by atoms with Gasteiger partial charge in [0.25, 0.3) is 0 Å². The Morgan fingerprint density at radius 1 is 1.26 bits per heavy atom. The molecule has 1 aliphatic rings. The van der Waals surface area contributed by atoms with Crippen molar-refractivity contribution in [1.82, 2.24) is 0 Å². The van der Waals surface area contributed by atoms with Crippen molar-refractivity contribution >= 4 is 0 Å². The molecule has 0 amide bonds. The summed E-state index contributed by atoms with van der Waals surface area (Å²) >= 11 is 0. The van der Waals surface area contributed by atoms with Crippen molar-refractivity contribution < 1.29 is 4.74 Å². The van der Waals surface area contributed by atoms with Crippen molar-refractivity contribution in [1.29, 1.82) is 0 Å². The molecule has 2 N–H and O–H groups in total. The topological polar surface area (TPSA) is 35.2 Å². The fourth-order valence-corrected chi connectivity index (χ4v) is 3.54. The SMILES string of the molecule is COc1cc2c(cc1C)CCC(C)(C)[C@]2(C)CCN. The summed E-state index contributed by atoms with van der Waals surface area (Å²) in [6.45, 7) is 9.97. The molecule has 0 heterocycles. The van der Waals surface area contributed by atoms with Crippen LogP contribution in [-0.2, 0) is 11.8 Å². The van der Waals surface area contributed by atoms with Crippen molar-refractivity contribution in [2.75, 3.05) is 13.7 Å². The van der Waals surface area contributed by atoms with Crippen LogP contribution in [0.4, 0.5) is 0 Å². The molecule has 0 saturated carbocycles. The highest BCUT2D eigenvalue weighted by atomic mass is 16.5. The van der Waals surface area contributed by atoms with E-state index in [2.05, 4.69) is 39.8 Å². The summed E-state index contributed by atoms with van der Waals surface area (Å²) in [4.78, 5) is 0. The Morgan fingerprint density at radius 2 is 1.95 bits per heavy atom. The molecule has 1 aromatic rings. The number of hydrogen-bond acceptors (Lipinski definition) is 2. The lowest BCUT2D eigenvalue weighted by Crippen LogP contribution is -2.44. The van der Waals surface area contributed by atoms with E-state index in [1.807, 2.05) is 0 Å². The molecule has 1 aromatic carbocycles. The van der Waals surface area contributed by atoms with Gasteiger partial charge in [-0.25, -0.2) is 0 Å². The van der Waals surface area contributed by atoms with E-state index >= 15 is 0 Å². The van der Waals surface area contributed by atoms with E-state index in [9.17, 15) is 0 Å². The Labute approximate surface area is 117 Å². The van der Waals surface area contributed by atoms with Gasteiger partial charge in [0.2, 0.25) is 0 Å². The minimum Gasteiger partial charge on any atom is -0.496 e. The van der Waals surface area contributed by atoms with Crippen LogP contribution in [0, 0.1) is 12.3 Å². The summed E-state index contributed by atoms with van der Waals surface area (Å²) in [5, 5.41) is 0. The number of ether oxygens (including phenoxy) is 1. The second-order valence-electron chi connectivity index (χ2n) is 6.73. The maximum atomic E-state index is 5.89. The van der Waals surface area contributed by atoms with E-state index in [4.69, 9.17) is 10.5 Å². The van der Waals surface area contributed by atoms with Gasteiger partial charge >= 0.3 is 0 Å². The number of nitrogens with two attached hydrogens (primary N) is 1. The van der Waals surface area contributed by atoms with Crippen LogP contribution >= 0.6 is 0 Å². The highest BCUT2D eigenvalue weighted by Gasteiger charge is 2.45. The van der Waals surface area contributed by atoms with Gasteiger partial charge in [-0.3, -0.25) is 0 Å². The van der Waals surface area contributed by atoms with E-state index in [0.29, 0.717) is 0 Å². The summed E-state index contributed by atoms with van der Waals surface area (Å²) in [5.74, 6) is 1.000. The van der Waals surface area contributed by atoms with Crippen LogP contribution in [0.15, 0.2) is 12.1 Å². The largest absolute Gasteiger partial charge is 0.496 e. The molecule has 1 aliphatic carbocycles. The molecule has 2 rings (SSSR count). The molecule has 0 spiro atoms. The summed E-state index contributed by atoms with van der Waals surface area (Å²) in [6, 6.07) is 4.55. The molecule has 0 aliphatic heterocycles. The standard InChI is InChI=1S/C17H27NO/c1-12-10-13-6-7-16(2,3)17(4,8-9-18)14(13)11-15(12)19-5/h10-11H,6-9,18H2,1-5H3/t17-/m1/s1. The zero-order chi connectivity index (χ0) is 14.3. The number of fused-ring (bicyclic) bond motifs is 1. The summed E-state index contributed by atoms with van der Waals surface area (Å²) in [6.07, 6.45) is 3.41. The van der Waals surface area contributed by atoms with Crippen LogP contribution in [0.5, 0.6) is 5.75 Å². The van der Waals surface area contributed by atoms with Gasteiger partial charge in [0, 0.05) is 0 Å². The lowest BCUT2D eigenvalue weighted by atomic mass is 9.55. The van der Waals surface area contributed by atoms with Gasteiger partial charge in [0.1, 0.15) is 5.75 Å². The first-order valence-corrected chi connectivity index (χ1v) is 7.24. The Morgan fingerprint density at radius 3 is 2.53 bits per heavy atom. The number of hydrogen-bond donors (Lipinski definition) is 1. The summed E-state index contributed by atoms with van der Waals surface area (Å²) in [5.41, 5.74) is 10.5. The van der Waals surface area contributed by atoms with Gasteiger partial charge in [-0.2, -0.15) is 0 Å². The van der Waals surface area contributed by atoms with Crippen LogP contribution < -0.4 is 10.5 Å². The minimum atomic E-state index is 0.135. The average molecular weight is 261 g/mol. The lowest BCUT2D eigenvalue weighted by Gasteiger charge is -2.49. The molecule has 0 bridgehead atoms. The van der Waals surface area contributed by atoms with Crippen molar-refractivity contribution in [3.05, 3.63) is 28.8 Å². The molecule has 0 fully saturated rings. The van der Waals surface area contributed by atoms with Crippen molar-refractivity contribution in [2.24, 2.45) is 11.1 Å². The zero-order valence-electron chi connectivity index (χ0n) is 13.0. The quantitative estimate of drug-likeness (QED) is 0.902. The molecular weight excluding hydrogens is 234 g/mol. The highest BCUT2D eigenvalue weighted by Crippen LogP contribution is 2.52. The van der Waals surface area contributed by atoms with Gasteiger partial charge in [-0.05, 0) is 66.3 Å². The first-order chi connectivity index (χ1) is 8.85. The minimum absolute atomic E-state index is 0.135. The van der Waals surface area contributed by atoms with Crippen LogP contribution in [-0.4, -0.2) is 13.7 Å². The highest BCUT2D eigenvalue weighted by molar-refractivity contribution is 5.48. The fourth-order valence-electron chi connectivity index (χ4n) is 3.54. The van der Waals surface area contributed by atoms with Crippen LogP contribution in [0.2, 0.25) is 0 Å². The number of methoxy groups -OCH3 is 1. The van der Waals surface area contributed by atoms with Crippen LogP contribution in [0.1, 0.15) is 50.3 Å². The van der Waals surface area contributed by atoms with Gasteiger partial charge in [-0.15, -0.1) is 0 Å². The first kappa shape index (κ1) is 14.4. The lowest BCUT2D eigenvalue weighted by molar-refractivity contribution is 0.138. The third-order valence-electron chi connectivity index (χ3n) is 5.37. The molecular formula is C17H27NO. The predicted molar refractivity (Wildman–Crippen MR) is 80.9 cm³/mol. The molecule has 0 radical (unpaired) electrons. The van der Waals surface area contributed by atoms with Gasteiger partial charge in [0.15, 0.2) is 0 Å². The Kier molecular flexibility index (Phi) is 3.65. The van der Waals surface area contributed by atoms with E-state index in [-0.39, 0.29) is 10.8 Å². The second-order valence-corrected chi connectivity index (χ2v) is 6.73. The smallest absolute Gasteiger partial charge is 0.122 e. The molecule has 19 heavy (non-hydrogen) atoms. The Hall–Kier alpha value is -1.02. The van der Waals surface area contributed by atoms with Crippen molar-refractivity contribution in [2.45, 2.75) is 52.4 Å². The molecule has 1 atom stereocenters. The maximum Gasteiger partial charge on any atom is 0.122 e. The molecule has 2 heteroatoms. The van der Waals surface area contributed by atoms with Crippen LogP contribution in [0.25, 0.3) is 0 Å². The molecule has 0 unspecified atom stereocenters. The average Bonchev–Trinajstić information content (AvgIpc) is 2.35. The Balaban J connectivity index is 2.61. The molecule has 0 saturated heterocycles. The Bertz CT molecular complexity index is 478. The number of rotatable bonds is 3. The van der Waals surface area contributed by atoms with Crippen LogP contribution in [0.3, 0.4) is 0 Å². The number of aryl methyl sites for hydroxylation is 2. The van der Waals surface area contributed by atoms with Crippen molar-refractivity contribution in [3.8, 4) is 5.75 Å². The van der Waals surface area contributed by atoms with E-state index in [1.54, 1.807) is 7.11 Å². The normalized spacial score (nSPS) is 24.9. The van der Waals surface area contributed by atoms with E-state index < -0.39 is 0 Å². The molecule has 0 aromatic heterocycles. The summed E-state index contributed by atoms with van der Waals surface area (Å²) < 4.78 is 5.52. The van der Waals surface area contributed by atoms with E-state index in [0.717, 1.165) is 25.1 Å². The predicted octanol–water partition coefficient (Wildman–Crippen LogP) is 3.58. The second kappa shape index (κ2) is 4.82. The van der Waals surface area contributed by atoms with Gasteiger partial charge in [-0.1, -0.05) is 26.8 Å². The third kappa shape index (κ3) is 2.16. The third-order valence-corrected chi connectivity index (χ3v) is 5.37. The maximum absolute atomic E-state index is 5.89. The molecule has 106 valence electrons. The number of benzene rings is 1. The van der Waals surface area contributed by atoms with Gasteiger partial charge in [0.05, 0.1) is 7.11 Å².